The minimum atomic E-state index is -1.04. The number of nitrogens with zero attached hydrogens (tertiary/aromatic N) is 1. The first-order valence-corrected chi connectivity index (χ1v) is 4.92. The molecule has 0 heterocycles. The van der Waals surface area contributed by atoms with E-state index in [2.05, 4.69) is 0 Å². The molecule has 0 aliphatic heterocycles. The second-order valence-electron chi connectivity index (χ2n) is 3.59. The molecule has 0 amide bonds. The number of benzene rings is 2. The quantitative estimate of drug-likeness (QED) is 0.658. The SMILES string of the molecule is O=[N+]([O-])c1cc(-c2ccc(F)c(F)c2)ccc1O. The summed E-state index contributed by atoms with van der Waals surface area (Å²) in [6.45, 7) is 0. The van der Waals surface area contributed by atoms with Crippen molar-refractivity contribution in [1.82, 2.24) is 0 Å². The number of nitro benzene ring substituents is 1. The molecule has 0 bridgehead atoms. The number of halogens is 2. The van der Waals surface area contributed by atoms with Crippen LogP contribution in [0.2, 0.25) is 0 Å². The minimum absolute atomic E-state index is 0.289. The Balaban J connectivity index is 2.54. The van der Waals surface area contributed by atoms with E-state index in [1.807, 2.05) is 0 Å². The smallest absolute Gasteiger partial charge is 0.311 e. The molecule has 92 valence electrons. The van der Waals surface area contributed by atoms with E-state index in [0.717, 1.165) is 24.3 Å². The minimum Gasteiger partial charge on any atom is -0.502 e. The van der Waals surface area contributed by atoms with E-state index < -0.39 is 28.0 Å². The third-order valence-corrected chi connectivity index (χ3v) is 2.43. The van der Waals surface area contributed by atoms with Crippen molar-refractivity contribution in [3.05, 3.63) is 58.1 Å². The van der Waals surface area contributed by atoms with Gasteiger partial charge in [-0.2, -0.15) is 0 Å². The summed E-state index contributed by atoms with van der Waals surface area (Å²) >= 11 is 0. The van der Waals surface area contributed by atoms with Crippen molar-refractivity contribution in [2.45, 2.75) is 0 Å². The van der Waals surface area contributed by atoms with Crippen LogP contribution in [0.1, 0.15) is 0 Å². The number of phenolic OH excluding ortho intramolecular Hbond substituents is 1. The summed E-state index contributed by atoms with van der Waals surface area (Å²) in [4.78, 5) is 9.89. The molecule has 0 radical (unpaired) electrons. The van der Waals surface area contributed by atoms with Crippen molar-refractivity contribution in [2.75, 3.05) is 0 Å². The summed E-state index contributed by atoms with van der Waals surface area (Å²) in [5, 5.41) is 19.9. The number of nitro groups is 1. The molecule has 0 fully saturated rings. The van der Waals surface area contributed by atoms with Crippen molar-refractivity contribution in [3.63, 3.8) is 0 Å². The van der Waals surface area contributed by atoms with Crippen LogP contribution in [0.25, 0.3) is 11.1 Å². The molecule has 18 heavy (non-hydrogen) atoms. The molecule has 0 aliphatic carbocycles. The second kappa shape index (κ2) is 4.40. The van der Waals surface area contributed by atoms with Gasteiger partial charge in [-0.1, -0.05) is 12.1 Å². The Morgan fingerprint density at radius 1 is 1.00 bits per heavy atom. The standard InChI is InChI=1S/C12H7F2NO3/c13-9-3-1-7(5-10(9)14)8-2-4-12(16)11(6-8)15(17)18/h1-6,16H. The van der Waals surface area contributed by atoms with Crippen LogP contribution in [-0.2, 0) is 0 Å². The van der Waals surface area contributed by atoms with Crippen LogP contribution in [0, 0.1) is 21.7 Å². The zero-order valence-electron chi connectivity index (χ0n) is 8.93. The summed E-state index contributed by atoms with van der Waals surface area (Å²) in [5.74, 6) is -2.51. The van der Waals surface area contributed by atoms with Gasteiger partial charge in [0, 0.05) is 6.07 Å². The van der Waals surface area contributed by atoms with Gasteiger partial charge in [0.15, 0.2) is 17.4 Å². The van der Waals surface area contributed by atoms with Gasteiger partial charge in [-0.05, 0) is 29.3 Å². The molecule has 1 N–H and O–H groups in total. The van der Waals surface area contributed by atoms with Gasteiger partial charge in [0.2, 0.25) is 0 Å². The Kier molecular flexibility index (Phi) is 2.93. The summed E-state index contributed by atoms with van der Waals surface area (Å²) in [6, 6.07) is 6.79. The maximum atomic E-state index is 13.0. The van der Waals surface area contributed by atoms with Gasteiger partial charge in [0.1, 0.15) is 0 Å². The highest BCUT2D eigenvalue weighted by molar-refractivity contribution is 5.68. The zero-order chi connectivity index (χ0) is 13.3. The zero-order valence-corrected chi connectivity index (χ0v) is 8.93. The van der Waals surface area contributed by atoms with Crippen LogP contribution in [0.4, 0.5) is 14.5 Å². The van der Waals surface area contributed by atoms with Crippen molar-refractivity contribution in [3.8, 4) is 16.9 Å². The maximum Gasteiger partial charge on any atom is 0.311 e. The number of phenols is 1. The Morgan fingerprint density at radius 2 is 1.61 bits per heavy atom. The van der Waals surface area contributed by atoms with Gasteiger partial charge in [-0.3, -0.25) is 10.1 Å². The summed E-state index contributed by atoms with van der Waals surface area (Å²) in [7, 11) is 0. The number of rotatable bonds is 2. The predicted molar refractivity (Wildman–Crippen MR) is 60.1 cm³/mol. The largest absolute Gasteiger partial charge is 0.502 e. The third kappa shape index (κ3) is 2.13. The fraction of sp³-hybridized carbons (Fsp3) is 0. The molecule has 2 aromatic carbocycles. The van der Waals surface area contributed by atoms with Crippen molar-refractivity contribution in [1.29, 1.82) is 0 Å². The molecule has 2 aromatic rings. The van der Waals surface area contributed by atoms with E-state index in [1.54, 1.807) is 0 Å². The van der Waals surface area contributed by atoms with E-state index in [0.29, 0.717) is 5.56 Å². The van der Waals surface area contributed by atoms with E-state index in [1.165, 1.54) is 12.1 Å². The molecule has 0 aromatic heterocycles. The lowest BCUT2D eigenvalue weighted by Gasteiger charge is -2.03. The third-order valence-electron chi connectivity index (χ3n) is 2.43. The van der Waals surface area contributed by atoms with Gasteiger partial charge < -0.3 is 5.11 Å². The first kappa shape index (κ1) is 12.0. The van der Waals surface area contributed by atoms with Crippen LogP contribution in [0.5, 0.6) is 5.75 Å². The van der Waals surface area contributed by atoms with Crippen LogP contribution < -0.4 is 0 Å². The predicted octanol–water partition coefficient (Wildman–Crippen LogP) is 3.25. The molecule has 6 heteroatoms. The highest BCUT2D eigenvalue weighted by Gasteiger charge is 2.15. The molecule has 0 aliphatic rings. The molecule has 0 saturated carbocycles. The van der Waals surface area contributed by atoms with Gasteiger partial charge in [-0.15, -0.1) is 0 Å². The molecule has 0 atom stereocenters. The molecular weight excluding hydrogens is 244 g/mol. The average molecular weight is 251 g/mol. The monoisotopic (exact) mass is 251 g/mol. The summed E-state index contributed by atoms with van der Waals surface area (Å²) < 4.78 is 25.8. The fourth-order valence-corrected chi connectivity index (χ4v) is 1.52. The molecule has 0 unspecified atom stereocenters. The second-order valence-corrected chi connectivity index (χ2v) is 3.59. The molecule has 2 rings (SSSR count). The van der Waals surface area contributed by atoms with Crippen LogP contribution in [0.15, 0.2) is 36.4 Å². The van der Waals surface area contributed by atoms with Gasteiger partial charge >= 0.3 is 5.69 Å². The van der Waals surface area contributed by atoms with Crippen LogP contribution in [-0.4, -0.2) is 10.0 Å². The number of hydrogen-bond donors (Lipinski definition) is 1. The maximum absolute atomic E-state index is 13.0. The average Bonchev–Trinajstić information content (AvgIpc) is 2.33. The van der Waals surface area contributed by atoms with Gasteiger partial charge in [0.05, 0.1) is 4.92 Å². The van der Waals surface area contributed by atoms with Crippen LogP contribution in [0.3, 0.4) is 0 Å². The Morgan fingerprint density at radius 3 is 2.22 bits per heavy atom. The van der Waals surface area contributed by atoms with E-state index in [-0.39, 0.29) is 5.56 Å². The highest BCUT2D eigenvalue weighted by Crippen LogP contribution is 2.31. The fourth-order valence-electron chi connectivity index (χ4n) is 1.52. The normalized spacial score (nSPS) is 10.3. The first-order chi connectivity index (χ1) is 8.49. The Bertz CT molecular complexity index is 629. The highest BCUT2D eigenvalue weighted by atomic mass is 19.2. The lowest BCUT2D eigenvalue weighted by Crippen LogP contribution is -1.90. The molecule has 0 spiro atoms. The van der Waals surface area contributed by atoms with Gasteiger partial charge in [-0.25, -0.2) is 8.78 Å². The molecule has 4 nitrogen and oxygen atoms in total. The van der Waals surface area contributed by atoms with E-state index in [9.17, 15) is 24.0 Å². The Labute approximate surface area is 100 Å². The van der Waals surface area contributed by atoms with Crippen molar-refractivity contribution in [2.24, 2.45) is 0 Å². The summed E-state index contributed by atoms with van der Waals surface area (Å²) in [5.41, 5.74) is 0.118. The van der Waals surface area contributed by atoms with Gasteiger partial charge in [0.25, 0.3) is 0 Å². The van der Waals surface area contributed by atoms with E-state index in [4.69, 9.17) is 0 Å². The summed E-state index contributed by atoms with van der Waals surface area (Å²) in [6.07, 6.45) is 0. The van der Waals surface area contributed by atoms with E-state index >= 15 is 0 Å². The number of hydrogen-bond acceptors (Lipinski definition) is 3. The molecule has 0 saturated heterocycles. The van der Waals surface area contributed by atoms with Crippen molar-refractivity contribution < 1.29 is 18.8 Å². The van der Waals surface area contributed by atoms with Crippen molar-refractivity contribution >= 4 is 5.69 Å². The first-order valence-electron chi connectivity index (χ1n) is 4.92. The molecular formula is C12H7F2NO3. The Hall–Kier alpha value is -2.50. The lowest BCUT2D eigenvalue weighted by molar-refractivity contribution is -0.385. The number of aromatic hydroxyl groups is 1. The lowest BCUT2D eigenvalue weighted by atomic mass is 10.0. The topological polar surface area (TPSA) is 63.4 Å². The van der Waals surface area contributed by atoms with Crippen LogP contribution >= 0.6 is 0 Å².